The molecule has 0 amide bonds. The van der Waals surface area contributed by atoms with Gasteiger partial charge in [-0.2, -0.15) is 5.10 Å². The highest BCUT2D eigenvalue weighted by molar-refractivity contribution is 5.23. The predicted molar refractivity (Wildman–Crippen MR) is 80.1 cm³/mol. The van der Waals surface area contributed by atoms with Gasteiger partial charge in [0.15, 0.2) is 0 Å². The number of nitrogens with zero attached hydrogens (tertiary/aromatic N) is 2. The van der Waals surface area contributed by atoms with E-state index in [1.165, 1.54) is 30.5 Å². The molecule has 2 atom stereocenters. The second-order valence-corrected chi connectivity index (χ2v) is 7.34. The van der Waals surface area contributed by atoms with Gasteiger partial charge in [-0.25, -0.2) is 0 Å². The lowest BCUT2D eigenvalue weighted by Gasteiger charge is -2.18. The summed E-state index contributed by atoms with van der Waals surface area (Å²) in [6, 6.07) is 0. The van der Waals surface area contributed by atoms with Crippen LogP contribution in [-0.4, -0.2) is 16.3 Å². The van der Waals surface area contributed by atoms with Gasteiger partial charge in [0.1, 0.15) is 0 Å². The Bertz CT molecular complexity index is 414. The lowest BCUT2D eigenvalue weighted by molar-refractivity contribution is 0.467. The van der Waals surface area contributed by atoms with Crippen LogP contribution in [0.1, 0.15) is 58.2 Å². The molecule has 1 aromatic heterocycles. The SMILES string of the molecule is CC1CCC(CNCc2cn(C)nc2C(C)(C)C)C1. The van der Waals surface area contributed by atoms with E-state index in [2.05, 4.69) is 44.3 Å². The van der Waals surface area contributed by atoms with Gasteiger partial charge in [0, 0.05) is 30.8 Å². The van der Waals surface area contributed by atoms with Crippen molar-refractivity contribution in [3.63, 3.8) is 0 Å². The maximum absolute atomic E-state index is 4.62. The Balaban J connectivity index is 1.89. The Hall–Kier alpha value is -0.830. The minimum atomic E-state index is 0.125. The van der Waals surface area contributed by atoms with E-state index in [0.717, 1.165) is 24.9 Å². The van der Waals surface area contributed by atoms with Crippen molar-refractivity contribution >= 4 is 0 Å². The Labute approximate surface area is 117 Å². The van der Waals surface area contributed by atoms with Crippen LogP contribution >= 0.6 is 0 Å². The zero-order valence-electron chi connectivity index (χ0n) is 13.2. The number of nitrogens with one attached hydrogen (secondary N) is 1. The van der Waals surface area contributed by atoms with E-state index in [0.29, 0.717) is 0 Å². The smallest absolute Gasteiger partial charge is 0.0722 e. The number of hydrogen-bond acceptors (Lipinski definition) is 2. The molecular formula is C16H29N3. The number of rotatable bonds is 4. The maximum Gasteiger partial charge on any atom is 0.0722 e. The van der Waals surface area contributed by atoms with Crippen LogP contribution in [0, 0.1) is 11.8 Å². The van der Waals surface area contributed by atoms with Crippen LogP contribution in [-0.2, 0) is 19.0 Å². The van der Waals surface area contributed by atoms with E-state index in [4.69, 9.17) is 0 Å². The fraction of sp³-hybridized carbons (Fsp3) is 0.812. The maximum atomic E-state index is 4.62. The standard InChI is InChI=1S/C16H29N3/c1-12-6-7-13(8-12)9-17-10-14-11-19(5)18-15(14)16(2,3)4/h11-13,17H,6-10H2,1-5H3. The van der Waals surface area contributed by atoms with E-state index >= 15 is 0 Å². The third-order valence-electron chi connectivity index (χ3n) is 4.17. The first-order valence-electron chi connectivity index (χ1n) is 7.60. The van der Waals surface area contributed by atoms with Crippen LogP contribution in [0.25, 0.3) is 0 Å². The van der Waals surface area contributed by atoms with E-state index < -0.39 is 0 Å². The largest absolute Gasteiger partial charge is 0.312 e. The molecule has 0 saturated heterocycles. The fourth-order valence-corrected chi connectivity index (χ4v) is 3.22. The van der Waals surface area contributed by atoms with Crippen LogP contribution in [0.15, 0.2) is 6.20 Å². The summed E-state index contributed by atoms with van der Waals surface area (Å²) in [5.41, 5.74) is 2.70. The molecule has 3 heteroatoms. The van der Waals surface area contributed by atoms with Gasteiger partial charge in [-0.15, -0.1) is 0 Å². The van der Waals surface area contributed by atoms with Crippen molar-refractivity contribution in [2.45, 2.75) is 58.9 Å². The fourth-order valence-electron chi connectivity index (χ4n) is 3.22. The zero-order valence-corrected chi connectivity index (χ0v) is 13.2. The van der Waals surface area contributed by atoms with E-state index in [1.807, 2.05) is 11.7 Å². The lowest BCUT2D eigenvalue weighted by atomic mass is 9.89. The van der Waals surface area contributed by atoms with Crippen molar-refractivity contribution in [3.05, 3.63) is 17.5 Å². The summed E-state index contributed by atoms with van der Waals surface area (Å²) in [6.07, 6.45) is 6.36. The molecule has 1 fully saturated rings. The van der Waals surface area contributed by atoms with Crippen LogP contribution < -0.4 is 5.32 Å². The molecule has 0 bridgehead atoms. The average Bonchev–Trinajstić information content (AvgIpc) is 2.85. The highest BCUT2D eigenvalue weighted by Crippen LogP contribution is 2.30. The second kappa shape index (κ2) is 5.66. The van der Waals surface area contributed by atoms with Crippen LogP contribution in [0.4, 0.5) is 0 Å². The molecule has 1 aromatic rings. The number of hydrogen-bond donors (Lipinski definition) is 1. The summed E-state index contributed by atoms with van der Waals surface area (Å²) in [7, 11) is 2.01. The van der Waals surface area contributed by atoms with Crippen LogP contribution in [0.2, 0.25) is 0 Å². The molecule has 1 aliphatic carbocycles. The highest BCUT2D eigenvalue weighted by atomic mass is 15.3. The summed E-state index contributed by atoms with van der Waals surface area (Å²) in [6.45, 7) is 11.2. The minimum Gasteiger partial charge on any atom is -0.312 e. The van der Waals surface area contributed by atoms with E-state index in [-0.39, 0.29) is 5.41 Å². The molecule has 2 unspecified atom stereocenters. The monoisotopic (exact) mass is 263 g/mol. The quantitative estimate of drug-likeness (QED) is 0.903. The molecule has 1 saturated carbocycles. The highest BCUT2D eigenvalue weighted by Gasteiger charge is 2.23. The Kier molecular flexibility index (Phi) is 4.34. The van der Waals surface area contributed by atoms with Crippen molar-refractivity contribution in [2.24, 2.45) is 18.9 Å². The van der Waals surface area contributed by atoms with E-state index in [1.54, 1.807) is 0 Å². The molecule has 1 N–H and O–H groups in total. The summed E-state index contributed by atoms with van der Waals surface area (Å²) in [4.78, 5) is 0. The van der Waals surface area contributed by atoms with Gasteiger partial charge in [0.2, 0.25) is 0 Å². The summed E-state index contributed by atoms with van der Waals surface area (Å²) < 4.78 is 1.94. The topological polar surface area (TPSA) is 29.9 Å². The van der Waals surface area contributed by atoms with Crippen molar-refractivity contribution < 1.29 is 0 Å². The van der Waals surface area contributed by atoms with Gasteiger partial charge in [-0.1, -0.05) is 34.1 Å². The second-order valence-electron chi connectivity index (χ2n) is 7.34. The molecule has 3 nitrogen and oxygen atoms in total. The number of aryl methyl sites for hydroxylation is 1. The zero-order chi connectivity index (χ0) is 14.0. The summed E-state index contributed by atoms with van der Waals surface area (Å²) in [5.74, 6) is 1.81. The molecule has 0 spiro atoms. The van der Waals surface area contributed by atoms with Crippen molar-refractivity contribution in [1.29, 1.82) is 0 Å². The summed E-state index contributed by atoms with van der Waals surface area (Å²) in [5, 5.41) is 8.26. The van der Waals surface area contributed by atoms with Crippen LogP contribution in [0.3, 0.4) is 0 Å². The van der Waals surface area contributed by atoms with Gasteiger partial charge in [0.25, 0.3) is 0 Å². The molecule has 1 heterocycles. The Morgan fingerprint density at radius 2 is 2.11 bits per heavy atom. The first-order chi connectivity index (χ1) is 8.86. The van der Waals surface area contributed by atoms with Gasteiger partial charge < -0.3 is 5.32 Å². The minimum absolute atomic E-state index is 0.125. The van der Waals surface area contributed by atoms with Crippen LogP contribution in [0.5, 0.6) is 0 Å². The molecule has 1 aliphatic rings. The van der Waals surface area contributed by atoms with Gasteiger partial charge in [0.05, 0.1) is 5.69 Å². The molecular weight excluding hydrogens is 234 g/mol. The first-order valence-corrected chi connectivity index (χ1v) is 7.60. The van der Waals surface area contributed by atoms with Crippen molar-refractivity contribution in [2.75, 3.05) is 6.54 Å². The van der Waals surface area contributed by atoms with Crippen molar-refractivity contribution in [3.8, 4) is 0 Å². The molecule has 2 rings (SSSR count). The van der Waals surface area contributed by atoms with Gasteiger partial charge >= 0.3 is 0 Å². The molecule has 0 aromatic carbocycles. The lowest BCUT2D eigenvalue weighted by Crippen LogP contribution is -2.23. The van der Waals surface area contributed by atoms with Gasteiger partial charge in [-0.3, -0.25) is 4.68 Å². The molecule has 0 radical (unpaired) electrons. The third kappa shape index (κ3) is 3.82. The number of aromatic nitrogens is 2. The molecule has 0 aliphatic heterocycles. The predicted octanol–water partition coefficient (Wildman–Crippen LogP) is 3.24. The molecule has 19 heavy (non-hydrogen) atoms. The average molecular weight is 263 g/mol. The molecule has 108 valence electrons. The Morgan fingerprint density at radius 1 is 1.37 bits per heavy atom. The normalized spacial score (nSPS) is 24.1. The Morgan fingerprint density at radius 3 is 2.68 bits per heavy atom. The van der Waals surface area contributed by atoms with Crippen molar-refractivity contribution in [1.82, 2.24) is 15.1 Å². The van der Waals surface area contributed by atoms with Gasteiger partial charge in [-0.05, 0) is 31.2 Å². The third-order valence-corrected chi connectivity index (χ3v) is 4.17. The summed E-state index contributed by atoms with van der Waals surface area (Å²) >= 11 is 0. The van der Waals surface area contributed by atoms with E-state index in [9.17, 15) is 0 Å². The first kappa shape index (κ1) is 14.6.